The van der Waals surface area contributed by atoms with Gasteiger partial charge in [-0.25, -0.2) is 4.98 Å². The molecule has 1 aromatic rings. The molecule has 0 aliphatic rings. The van der Waals surface area contributed by atoms with Crippen LogP contribution < -0.4 is 5.11 Å². The molecule has 0 bridgehead atoms. The predicted molar refractivity (Wildman–Crippen MR) is 54.6 cm³/mol. The van der Waals surface area contributed by atoms with E-state index in [0.29, 0.717) is 12.3 Å². The highest BCUT2D eigenvalue weighted by Crippen LogP contribution is 2.07. The van der Waals surface area contributed by atoms with Crippen LogP contribution in [0.1, 0.15) is 28.8 Å². The number of rotatable bonds is 3. The largest absolute Gasteiger partial charge is 0.542 e. The summed E-state index contributed by atoms with van der Waals surface area (Å²) in [5.41, 5.74) is 0.313. The third-order valence-electron chi connectivity index (χ3n) is 1.43. The van der Waals surface area contributed by atoms with E-state index in [-0.39, 0.29) is 11.4 Å². The van der Waals surface area contributed by atoms with Gasteiger partial charge < -0.3 is 14.6 Å². The highest BCUT2D eigenvalue weighted by atomic mass is 32.1. The number of carboxylic acid groups (broad SMARTS) is 1. The summed E-state index contributed by atoms with van der Waals surface area (Å²) in [6.45, 7) is 2.02. The molecule has 16 heavy (non-hydrogen) atoms. The number of nitrogens with zero attached hydrogens (tertiary/aromatic N) is 1. The number of thiazole rings is 1. The number of aromatic nitrogens is 1. The van der Waals surface area contributed by atoms with Crippen molar-refractivity contribution in [3.05, 3.63) is 16.1 Å². The number of carbonyl (C=O) groups is 2. The Morgan fingerprint density at radius 1 is 1.62 bits per heavy atom. The van der Waals surface area contributed by atoms with E-state index in [2.05, 4.69) is 21.6 Å². The van der Waals surface area contributed by atoms with Gasteiger partial charge in [0.2, 0.25) is 0 Å². The van der Waals surface area contributed by atoms with Crippen molar-refractivity contribution in [3.8, 4) is 11.8 Å². The molecule has 0 fully saturated rings. The summed E-state index contributed by atoms with van der Waals surface area (Å²) in [4.78, 5) is 25.0. The second kappa shape index (κ2) is 5.88. The molecular weight excluding hydrogens is 230 g/mol. The number of hydrogen-bond donors (Lipinski definition) is 0. The average molecular weight is 238 g/mol. The fraction of sp³-hybridized carbons (Fsp3) is 0.300. The topological polar surface area (TPSA) is 79.3 Å². The Hall–Kier alpha value is -1.87. The summed E-state index contributed by atoms with van der Waals surface area (Å²) in [6.07, 6.45) is -0.0357. The van der Waals surface area contributed by atoms with Crippen LogP contribution in [0.4, 0.5) is 0 Å². The monoisotopic (exact) mass is 238 g/mol. The first kappa shape index (κ1) is 12.2. The molecule has 1 aromatic heterocycles. The van der Waals surface area contributed by atoms with Crippen LogP contribution in [0.5, 0.6) is 0 Å². The normalized spacial score (nSPS) is 9.06. The summed E-state index contributed by atoms with van der Waals surface area (Å²) in [7, 11) is 0. The lowest BCUT2D eigenvalue weighted by Gasteiger charge is -1.94. The Bertz CT molecular complexity index is 455. The van der Waals surface area contributed by atoms with Crippen LogP contribution in [0.25, 0.3) is 0 Å². The average Bonchev–Trinajstić information content (AvgIpc) is 2.67. The van der Waals surface area contributed by atoms with Crippen LogP contribution in [0.2, 0.25) is 0 Å². The van der Waals surface area contributed by atoms with Crippen LogP contribution in [-0.2, 0) is 9.53 Å². The maximum Gasteiger partial charge on any atom is 0.317 e. The zero-order chi connectivity index (χ0) is 12.0. The van der Waals surface area contributed by atoms with Gasteiger partial charge in [-0.05, 0) is 12.8 Å². The molecule has 0 atom stereocenters. The molecule has 0 aliphatic heterocycles. The minimum atomic E-state index is -1.33. The Morgan fingerprint density at radius 3 is 2.94 bits per heavy atom. The van der Waals surface area contributed by atoms with Gasteiger partial charge in [0, 0.05) is 5.38 Å². The third-order valence-corrected chi connectivity index (χ3v) is 2.26. The Balaban J connectivity index is 2.56. The van der Waals surface area contributed by atoms with Crippen LogP contribution in [0, 0.1) is 11.8 Å². The molecule has 0 aromatic carbocycles. The second-order valence-corrected chi connectivity index (χ2v) is 3.47. The maximum atomic E-state index is 10.9. The number of carbonyl (C=O) groups excluding carboxylic acids is 2. The first-order valence-corrected chi connectivity index (χ1v) is 5.32. The maximum absolute atomic E-state index is 10.9. The molecule has 0 radical (unpaired) electrons. The quantitative estimate of drug-likeness (QED) is 0.538. The van der Waals surface area contributed by atoms with Gasteiger partial charge in [-0.15, -0.1) is 11.3 Å². The number of carboxylic acids is 1. The lowest BCUT2D eigenvalue weighted by Crippen LogP contribution is -2.21. The van der Waals surface area contributed by atoms with Gasteiger partial charge in [0.15, 0.2) is 0 Å². The van der Waals surface area contributed by atoms with Crippen molar-refractivity contribution in [1.29, 1.82) is 0 Å². The lowest BCUT2D eigenvalue weighted by atomic mass is 10.4. The smallest absolute Gasteiger partial charge is 0.317 e. The third kappa shape index (κ3) is 3.71. The van der Waals surface area contributed by atoms with E-state index in [9.17, 15) is 14.7 Å². The molecule has 0 spiro atoms. The van der Waals surface area contributed by atoms with E-state index < -0.39 is 11.9 Å². The lowest BCUT2D eigenvalue weighted by molar-refractivity contribution is -0.255. The van der Waals surface area contributed by atoms with Gasteiger partial charge in [0.05, 0.1) is 6.61 Å². The molecule has 1 rings (SSSR count). The minimum Gasteiger partial charge on any atom is -0.542 e. The standard InChI is InChI=1S/C10H9NO4S/c1-2-15-8(12)5-3-4-7-6-16-9(11-7)10(13)14/h6H,2,5H2,1H3,(H,13,14)/p-1. The van der Waals surface area contributed by atoms with E-state index in [1.165, 1.54) is 5.38 Å². The molecule has 0 unspecified atom stereocenters. The Kier molecular flexibility index (Phi) is 4.48. The fourth-order valence-corrected chi connectivity index (χ4v) is 1.43. The molecule has 0 N–H and O–H groups in total. The Labute approximate surface area is 96.1 Å². The molecular formula is C10H8NO4S-. The highest BCUT2D eigenvalue weighted by molar-refractivity contribution is 7.11. The Morgan fingerprint density at radius 2 is 2.38 bits per heavy atom. The van der Waals surface area contributed by atoms with E-state index in [0.717, 1.165) is 11.3 Å². The van der Waals surface area contributed by atoms with Gasteiger partial charge >= 0.3 is 5.97 Å². The van der Waals surface area contributed by atoms with Gasteiger partial charge in [-0.1, -0.05) is 5.92 Å². The zero-order valence-corrected chi connectivity index (χ0v) is 9.30. The SMILES string of the molecule is CCOC(=O)CC#Cc1csc(C(=O)[O-])n1. The molecule has 0 saturated heterocycles. The second-order valence-electron chi connectivity index (χ2n) is 2.61. The fourth-order valence-electron chi connectivity index (χ4n) is 0.844. The van der Waals surface area contributed by atoms with Gasteiger partial charge in [0.25, 0.3) is 0 Å². The summed E-state index contributed by atoms with van der Waals surface area (Å²) < 4.78 is 4.66. The first-order valence-electron chi connectivity index (χ1n) is 4.45. The van der Waals surface area contributed by atoms with Crippen LogP contribution >= 0.6 is 11.3 Å². The molecule has 0 aliphatic carbocycles. The summed E-state index contributed by atoms with van der Waals surface area (Å²) >= 11 is 0.935. The predicted octanol–water partition coefficient (Wildman–Crippen LogP) is -0.189. The van der Waals surface area contributed by atoms with Crippen molar-refractivity contribution in [2.45, 2.75) is 13.3 Å². The molecule has 5 nitrogen and oxygen atoms in total. The summed E-state index contributed by atoms with van der Waals surface area (Å²) in [5, 5.41) is 11.8. The molecule has 6 heteroatoms. The minimum absolute atomic E-state index is 0.0357. The van der Waals surface area contributed by atoms with Crippen LogP contribution in [-0.4, -0.2) is 23.5 Å². The summed E-state index contributed by atoms with van der Waals surface area (Å²) in [6, 6.07) is 0. The van der Waals surface area contributed by atoms with E-state index in [1.807, 2.05) is 0 Å². The first-order chi connectivity index (χ1) is 7.63. The number of hydrogen-bond acceptors (Lipinski definition) is 6. The highest BCUT2D eigenvalue weighted by Gasteiger charge is 2.00. The van der Waals surface area contributed by atoms with Crippen molar-refractivity contribution in [2.24, 2.45) is 0 Å². The number of aromatic carboxylic acids is 1. The van der Waals surface area contributed by atoms with E-state index in [1.54, 1.807) is 6.92 Å². The number of esters is 1. The van der Waals surface area contributed by atoms with E-state index >= 15 is 0 Å². The van der Waals surface area contributed by atoms with Crippen molar-refractivity contribution in [3.63, 3.8) is 0 Å². The van der Waals surface area contributed by atoms with Crippen molar-refractivity contribution in [1.82, 2.24) is 4.98 Å². The number of ether oxygens (including phenoxy) is 1. The molecule has 0 amide bonds. The van der Waals surface area contributed by atoms with E-state index in [4.69, 9.17) is 0 Å². The van der Waals surface area contributed by atoms with Crippen LogP contribution in [0.3, 0.4) is 0 Å². The van der Waals surface area contributed by atoms with Gasteiger partial charge in [0.1, 0.15) is 23.1 Å². The van der Waals surface area contributed by atoms with Crippen LogP contribution in [0.15, 0.2) is 5.38 Å². The van der Waals surface area contributed by atoms with Gasteiger partial charge in [-0.3, -0.25) is 4.79 Å². The zero-order valence-electron chi connectivity index (χ0n) is 8.48. The van der Waals surface area contributed by atoms with Crippen molar-refractivity contribution in [2.75, 3.05) is 6.61 Å². The molecule has 1 heterocycles. The molecule has 84 valence electrons. The van der Waals surface area contributed by atoms with Crippen molar-refractivity contribution < 1.29 is 19.4 Å². The summed E-state index contributed by atoms with van der Waals surface area (Å²) in [5.74, 6) is 3.37. The van der Waals surface area contributed by atoms with Gasteiger partial charge in [-0.2, -0.15) is 0 Å². The van der Waals surface area contributed by atoms with Crippen molar-refractivity contribution >= 4 is 23.3 Å². The molecule has 0 saturated carbocycles.